The molecule has 1 aliphatic carbocycles. The molecule has 1 amide bonds. The molecule has 3 N–H and O–H groups in total. The van der Waals surface area contributed by atoms with Gasteiger partial charge in [0.1, 0.15) is 12.2 Å². The Morgan fingerprint density at radius 2 is 1.77 bits per heavy atom. The average molecular weight is 475 g/mol. The maximum atomic E-state index is 11.8. The van der Waals surface area contributed by atoms with Gasteiger partial charge in [0.25, 0.3) is 0 Å². The highest BCUT2D eigenvalue weighted by Gasteiger charge is 2.22. The minimum absolute atomic E-state index is 0.252. The quantitative estimate of drug-likeness (QED) is 0.498. The highest BCUT2D eigenvalue weighted by molar-refractivity contribution is 9.10. The Labute approximate surface area is 184 Å². The third-order valence-corrected chi connectivity index (χ3v) is 6.37. The highest BCUT2D eigenvalue weighted by Crippen LogP contribution is 2.38. The van der Waals surface area contributed by atoms with E-state index >= 15 is 0 Å². The lowest BCUT2D eigenvalue weighted by molar-refractivity contribution is -0.139. The van der Waals surface area contributed by atoms with E-state index < -0.39 is 18.3 Å². The number of carboxylic acid groups (broad SMARTS) is 1. The summed E-state index contributed by atoms with van der Waals surface area (Å²) >= 11 is 3.55. The van der Waals surface area contributed by atoms with Crippen molar-refractivity contribution in [3.8, 4) is 5.75 Å². The van der Waals surface area contributed by atoms with Gasteiger partial charge in [-0.1, -0.05) is 19.3 Å². The second kappa shape index (κ2) is 9.60. The number of rotatable bonds is 6. The lowest BCUT2D eigenvalue weighted by Gasteiger charge is -2.23. The summed E-state index contributed by atoms with van der Waals surface area (Å²) in [5.74, 6) is -1.15. The number of nitrogens with one attached hydrogen (secondary N) is 1. The van der Waals surface area contributed by atoms with Crippen molar-refractivity contribution in [1.82, 2.24) is 4.98 Å². The molecule has 0 radical (unpaired) electrons. The van der Waals surface area contributed by atoms with Gasteiger partial charge in [-0.05, 0) is 77.5 Å². The molecule has 2 aromatic rings. The summed E-state index contributed by atoms with van der Waals surface area (Å²) in [6.45, 7) is 3.93. The van der Waals surface area contributed by atoms with Crippen LogP contribution < -0.4 is 5.32 Å². The molecule has 1 fully saturated rings. The summed E-state index contributed by atoms with van der Waals surface area (Å²) in [5, 5.41) is 21.8. The Hall–Kier alpha value is -2.41. The number of halogens is 1. The van der Waals surface area contributed by atoms with E-state index in [1.165, 1.54) is 19.3 Å². The van der Waals surface area contributed by atoms with Crippen LogP contribution in [0.15, 0.2) is 22.7 Å². The molecule has 7 heteroatoms. The first-order valence-corrected chi connectivity index (χ1v) is 11.0. The molecule has 0 aliphatic heterocycles. The number of hydrogen-bond donors (Lipinski definition) is 3. The van der Waals surface area contributed by atoms with E-state index in [-0.39, 0.29) is 5.75 Å². The molecule has 160 valence electrons. The van der Waals surface area contributed by atoms with E-state index in [1.807, 2.05) is 26.0 Å². The first-order chi connectivity index (χ1) is 14.2. The molecule has 0 spiro atoms. The Kier molecular flexibility index (Phi) is 7.13. The zero-order valence-corrected chi connectivity index (χ0v) is 18.9. The van der Waals surface area contributed by atoms with E-state index in [2.05, 4.69) is 21.2 Å². The van der Waals surface area contributed by atoms with E-state index in [9.17, 15) is 14.7 Å². The van der Waals surface area contributed by atoms with Crippen molar-refractivity contribution in [1.29, 1.82) is 0 Å². The number of benzene rings is 1. The molecule has 0 unspecified atom stereocenters. The SMILES string of the molecule is Cc1cc(NC(=O)CC(=O)O)cc(C)c1Cc1nc(C2CCCCC2)c(O)cc1Br. The molecular weight excluding hydrogens is 448 g/mol. The topological polar surface area (TPSA) is 99.5 Å². The monoisotopic (exact) mass is 474 g/mol. The normalized spacial score (nSPS) is 14.5. The lowest BCUT2D eigenvalue weighted by Crippen LogP contribution is -2.16. The van der Waals surface area contributed by atoms with Gasteiger partial charge in [0.2, 0.25) is 5.91 Å². The van der Waals surface area contributed by atoms with Crippen molar-refractivity contribution in [2.24, 2.45) is 0 Å². The van der Waals surface area contributed by atoms with Gasteiger partial charge in [0.15, 0.2) is 0 Å². The first kappa shape index (κ1) is 22.3. The molecule has 1 aromatic heterocycles. The van der Waals surface area contributed by atoms with E-state index in [4.69, 9.17) is 10.1 Å². The van der Waals surface area contributed by atoms with Gasteiger partial charge in [0.05, 0.1) is 11.4 Å². The standard InChI is InChI=1S/C23H27BrN2O4/c1-13-8-16(25-21(28)12-22(29)30)9-14(2)17(13)10-19-18(24)11-20(27)23(26-19)15-6-4-3-5-7-15/h8-9,11,15,27H,3-7,10,12H2,1-2H3,(H,25,28)(H,29,30). The summed E-state index contributed by atoms with van der Waals surface area (Å²) in [4.78, 5) is 27.3. The maximum Gasteiger partial charge on any atom is 0.312 e. The van der Waals surface area contributed by atoms with Gasteiger partial charge in [-0.15, -0.1) is 0 Å². The maximum absolute atomic E-state index is 11.8. The Bertz CT molecular complexity index is 945. The average Bonchev–Trinajstić information content (AvgIpc) is 2.66. The number of pyridine rings is 1. The van der Waals surface area contributed by atoms with Crippen LogP contribution in [0.5, 0.6) is 5.75 Å². The van der Waals surface area contributed by atoms with Crippen LogP contribution in [0.3, 0.4) is 0 Å². The third kappa shape index (κ3) is 5.39. The minimum Gasteiger partial charge on any atom is -0.506 e. The summed E-state index contributed by atoms with van der Waals surface area (Å²) < 4.78 is 0.775. The Balaban J connectivity index is 1.85. The van der Waals surface area contributed by atoms with Crippen LogP contribution in [-0.2, 0) is 16.0 Å². The first-order valence-electron chi connectivity index (χ1n) is 10.2. The van der Waals surface area contributed by atoms with Crippen molar-refractivity contribution in [2.45, 2.75) is 64.7 Å². The number of aliphatic carboxylic acids is 1. The van der Waals surface area contributed by atoms with Crippen LogP contribution in [0.4, 0.5) is 5.69 Å². The van der Waals surface area contributed by atoms with Gasteiger partial charge < -0.3 is 15.5 Å². The fraction of sp³-hybridized carbons (Fsp3) is 0.435. The molecule has 1 aliphatic rings. The number of hydrogen-bond acceptors (Lipinski definition) is 4. The predicted octanol–water partition coefficient (Wildman–Crippen LogP) is 5.22. The number of carbonyl (C=O) groups excluding carboxylic acids is 1. The number of aryl methyl sites for hydroxylation is 2. The summed E-state index contributed by atoms with van der Waals surface area (Å²) in [5.41, 5.74) is 5.33. The van der Waals surface area contributed by atoms with Crippen LogP contribution >= 0.6 is 15.9 Å². The smallest absolute Gasteiger partial charge is 0.312 e. The highest BCUT2D eigenvalue weighted by atomic mass is 79.9. The van der Waals surface area contributed by atoms with E-state index in [1.54, 1.807) is 6.07 Å². The second-order valence-electron chi connectivity index (χ2n) is 8.04. The number of amides is 1. The van der Waals surface area contributed by atoms with E-state index in [0.29, 0.717) is 18.0 Å². The van der Waals surface area contributed by atoms with Crippen LogP contribution in [0.1, 0.15) is 72.5 Å². The van der Waals surface area contributed by atoms with Gasteiger partial charge in [0, 0.05) is 22.5 Å². The summed E-state index contributed by atoms with van der Waals surface area (Å²) in [6.07, 6.45) is 5.74. The molecule has 0 atom stereocenters. The van der Waals surface area contributed by atoms with Crippen molar-refractivity contribution in [3.63, 3.8) is 0 Å². The number of anilines is 1. The fourth-order valence-electron chi connectivity index (χ4n) is 4.19. The zero-order valence-electron chi connectivity index (χ0n) is 17.3. The van der Waals surface area contributed by atoms with Crippen LogP contribution in [-0.4, -0.2) is 27.1 Å². The summed E-state index contributed by atoms with van der Waals surface area (Å²) in [7, 11) is 0. The van der Waals surface area contributed by atoms with Crippen molar-refractivity contribution < 1.29 is 19.8 Å². The molecule has 1 saturated carbocycles. The molecule has 1 aromatic carbocycles. The van der Waals surface area contributed by atoms with Gasteiger partial charge in [-0.3, -0.25) is 14.6 Å². The number of nitrogens with zero attached hydrogens (tertiary/aromatic N) is 1. The summed E-state index contributed by atoms with van der Waals surface area (Å²) in [6, 6.07) is 5.44. The molecule has 30 heavy (non-hydrogen) atoms. The Morgan fingerprint density at radius 3 is 2.37 bits per heavy atom. The van der Waals surface area contributed by atoms with Crippen LogP contribution in [0, 0.1) is 13.8 Å². The van der Waals surface area contributed by atoms with Crippen LogP contribution in [0.2, 0.25) is 0 Å². The number of aromatic hydroxyl groups is 1. The molecule has 6 nitrogen and oxygen atoms in total. The largest absolute Gasteiger partial charge is 0.506 e. The number of carboxylic acids is 1. The predicted molar refractivity (Wildman–Crippen MR) is 119 cm³/mol. The number of aromatic nitrogens is 1. The Morgan fingerprint density at radius 1 is 1.13 bits per heavy atom. The van der Waals surface area contributed by atoms with Gasteiger partial charge in [-0.2, -0.15) is 0 Å². The number of carbonyl (C=O) groups is 2. The third-order valence-electron chi connectivity index (χ3n) is 5.68. The van der Waals surface area contributed by atoms with Crippen LogP contribution in [0.25, 0.3) is 0 Å². The second-order valence-corrected chi connectivity index (χ2v) is 8.89. The minimum atomic E-state index is -1.16. The molecule has 0 saturated heterocycles. The molecule has 1 heterocycles. The van der Waals surface area contributed by atoms with Crippen molar-refractivity contribution >= 4 is 33.5 Å². The van der Waals surface area contributed by atoms with Gasteiger partial charge in [-0.25, -0.2) is 0 Å². The van der Waals surface area contributed by atoms with Crippen molar-refractivity contribution in [2.75, 3.05) is 5.32 Å². The molecular formula is C23H27BrN2O4. The molecule has 3 rings (SSSR count). The van der Waals surface area contributed by atoms with Gasteiger partial charge >= 0.3 is 5.97 Å². The fourth-order valence-corrected chi connectivity index (χ4v) is 4.63. The van der Waals surface area contributed by atoms with E-state index in [0.717, 1.165) is 45.4 Å². The van der Waals surface area contributed by atoms with Crippen molar-refractivity contribution in [3.05, 3.63) is 50.8 Å². The zero-order chi connectivity index (χ0) is 21.8. The lowest BCUT2D eigenvalue weighted by atomic mass is 9.86. The molecule has 0 bridgehead atoms.